The van der Waals surface area contributed by atoms with Crippen molar-refractivity contribution in [2.24, 2.45) is 0 Å². The molecule has 0 bridgehead atoms. The van der Waals surface area contributed by atoms with Crippen molar-refractivity contribution >= 4 is 17.3 Å². The fourth-order valence-corrected chi connectivity index (χ4v) is 2.58. The molecule has 2 heteroatoms. The van der Waals surface area contributed by atoms with Crippen LogP contribution in [0.15, 0.2) is 36.9 Å². The molecule has 0 aliphatic carbocycles. The predicted molar refractivity (Wildman–Crippen MR) is 75.2 cm³/mol. The molecule has 0 spiro atoms. The molecule has 0 unspecified atom stereocenters. The van der Waals surface area contributed by atoms with Crippen LogP contribution in [0.1, 0.15) is 24.0 Å². The summed E-state index contributed by atoms with van der Waals surface area (Å²) in [6.07, 6.45) is 6.52. The third-order valence-corrected chi connectivity index (χ3v) is 3.42. The first-order valence-corrected chi connectivity index (χ1v) is 6.44. The van der Waals surface area contributed by atoms with Gasteiger partial charge in [0.2, 0.25) is 0 Å². The first-order valence-electron chi connectivity index (χ1n) is 6.06. The average Bonchev–Trinajstić information content (AvgIpc) is 2.80. The molecule has 1 fully saturated rings. The second-order valence-corrected chi connectivity index (χ2v) is 4.88. The van der Waals surface area contributed by atoms with Gasteiger partial charge in [-0.1, -0.05) is 30.3 Å². The molecule has 1 aromatic carbocycles. The number of nitrogens with zero attached hydrogens (tertiary/aromatic N) is 1. The van der Waals surface area contributed by atoms with E-state index in [0.717, 1.165) is 18.1 Å². The van der Waals surface area contributed by atoms with Gasteiger partial charge in [-0.15, -0.1) is 0 Å². The summed E-state index contributed by atoms with van der Waals surface area (Å²) < 4.78 is 0. The van der Waals surface area contributed by atoms with Gasteiger partial charge >= 0.3 is 0 Å². The molecule has 1 nitrogen and oxygen atoms in total. The van der Waals surface area contributed by atoms with Crippen LogP contribution >= 0.6 is 11.6 Å². The smallest absolute Gasteiger partial charge is 0.0442 e. The fraction of sp³-hybridized carbons (Fsp3) is 0.333. The maximum Gasteiger partial charge on any atom is 0.0442 e. The Labute approximate surface area is 108 Å². The highest BCUT2D eigenvalue weighted by Gasteiger charge is 2.17. The van der Waals surface area contributed by atoms with E-state index in [2.05, 4.69) is 30.5 Å². The number of allylic oxidation sites excluding steroid dienone is 2. The molecule has 1 aliphatic heterocycles. The number of likely N-dealkylation sites (tertiary alicyclic amines) is 1. The van der Waals surface area contributed by atoms with Gasteiger partial charge in [-0.3, -0.25) is 0 Å². The lowest BCUT2D eigenvalue weighted by molar-refractivity contribution is 0.493. The zero-order valence-corrected chi connectivity index (χ0v) is 11.0. The van der Waals surface area contributed by atoms with Crippen LogP contribution in [-0.4, -0.2) is 18.0 Å². The Kier molecular flexibility index (Phi) is 3.90. The van der Waals surface area contributed by atoms with Gasteiger partial charge in [0.25, 0.3) is 0 Å². The molecule has 0 aromatic heterocycles. The second kappa shape index (κ2) is 5.42. The van der Waals surface area contributed by atoms with Crippen LogP contribution in [-0.2, 0) is 0 Å². The Hall–Kier alpha value is -1.21. The van der Waals surface area contributed by atoms with Crippen molar-refractivity contribution in [1.29, 1.82) is 0 Å². The molecule has 1 heterocycles. The Bertz CT molecular complexity index is 442. The van der Waals surface area contributed by atoms with Crippen molar-refractivity contribution in [3.05, 3.63) is 53.1 Å². The summed E-state index contributed by atoms with van der Waals surface area (Å²) in [7, 11) is 0. The van der Waals surface area contributed by atoms with Crippen molar-refractivity contribution in [1.82, 2.24) is 4.90 Å². The molecule has 0 saturated carbocycles. The van der Waals surface area contributed by atoms with E-state index in [9.17, 15) is 0 Å². The largest absolute Gasteiger partial charge is 0.371 e. The molecule has 90 valence electrons. The van der Waals surface area contributed by atoms with Gasteiger partial charge in [0.05, 0.1) is 0 Å². The lowest BCUT2D eigenvalue weighted by atomic mass is 10.0. The van der Waals surface area contributed by atoms with Crippen LogP contribution < -0.4 is 0 Å². The SMILES string of the molecule is C=C/C=C(\c1ccc(Cl)cc1C)N1CCCC1. The Morgan fingerprint density at radius 1 is 1.35 bits per heavy atom. The van der Waals surface area contributed by atoms with E-state index in [1.165, 1.54) is 29.7 Å². The van der Waals surface area contributed by atoms with Crippen LogP contribution in [0.3, 0.4) is 0 Å². The highest BCUT2D eigenvalue weighted by Crippen LogP contribution is 2.28. The van der Waals surface area contributed by atoms with Gasteiger partial charge in [-0.2, -0.15) is 0 Å². The second-order valence-electron chi connectivity index (χ2n) is 4.44. The zero-order valence-electron chi connectivity index (χ0n) is 10.2. The molecular weight excluding hydrogens is 230 g/mol. The molecule has 1 saturated heterocycles. The van der Waals surface area contributed by atoms with E-state index >= 15 is 0 Å². The van der Waals surface area contributed by atoms with E-state index in [4.69, 9.17) is 11.6 Å². The van der Waals surface area contributed by atoms with Crippen molar-refractivity contribution < 1.29 is 0 Å². The summed E-state index contributed by atoms with van der Waals surface area (Å²) >= 11 is 6.01. The molecule has 0 radical (unpaired) electrons. The van der Waals surface area contributed by atoms with E-state index in [-0.39, 0.29) is 0 Å². The van der Waals surface area contributed by atoms with Crippen LogP contribution in [0, 0.1) is 6.92 Å². The van der Waals surface area contributed by atoms with Crippen molar-refractivity contribution in [3.63, 3.8) is 0 Å². The monoisotopic (exact) mass is 247 g/mol. The number of aryl methyl sites for hydroxylation is 1. The maximum atomic E-state index is 6.01. The van der Waals surface area contributed by atoms with Crippen molar-refractivity contribution in [2.45, 2.75) is 19.8 Å². The molecule has 0 atom stereocenters. The Morgan fingerprint density at radius 2 is 2.06 bits per heavy atom. The molecule has 0 N–H and O–H groups in total. The molecular formula is C15H18ClN. The summed E-state index contributed by atoms with van der Waals surface area (Å²) in [6.45, 7) is 8.20. The Morgan fingerprint density at radius 3 is 2.65 bits per heavy atom. The minimum atomic E-state index is 0.797. The van der Waals surface area contributed by atoms with Gasteiger partial charge in [0.1, 0.15) is 0 Å². The first-order chi connectivity index (χ1) is 8.22. The Balaban J connectivity index is 2.38. The molecule has 1 aliphatic rings. The van der Waals surface area contributed by atoms with E-state index in [1.54, 1.807) is 0 Å². The van der Waals surface area contributed by atoms with Crippen LogP contribution in [0.2, 0.25) is 5.02 Å². The van der Waals surface area contributed by atoms with E-state index < -0.39 is 0 Å². The summed E-state index contributed by atoms with van der Waals surface area (Å²) in [5, 5.41) is 0.797. The van der Waals surface area contributed by atoms with Gasteiger partial charge in [0, 0.05) is 29.4 Å². The topological polar surface area (TPSA) is 3.24 Å². The van der Waals surface area contributed by atoms with Gasteiger partial charge in [-0.05, 0) is 43.5 Å². The van der Waals surface area contributed by atoms with Gasteiger partial charge in [-0.25, -0.2) is 0 Å². The van der Waals surface area contributed by atoms with Crippen molar-refractivity contribution in [2.75, 3.05) is 13.1 Å². The predicted octanol–water partition coefficient (Wildman–Crippen LogP) is 4.27. The first kappa shape index (κ1) is 12.3. The summed E-state index contributed by atoms with van der Waals surface area (Å²) in [6, 6.07) is 6.08. The zero-order chi connectivity index (χ0) is 12.3. The number of hydrogen-bond acceptors (Lipinski definition) is 1. The van der Waals surface area contributed by atoms with Crippen LogP contribution in [0.4, 0.5) is 0 Å². The minimum absolute atomic E-state index is 0.797. The molecule has 1 aromatic rings. The average molecular weight is 248 g/mol. The lowest BCUT2D eigenvalue weighted by Gasteiger charge is -2.23. The molecule has 0 amide bonds. The summed E-state index contributed by atoms with van der Waals surface area (Å²) in [4.78, 5) is 2.43. The number of benzene rings is 1. The highest BCUT2D eigenvalue weighted by molar-refractivity contribution is 6.30. The van der Waals surface area contributed by atoms with Crippen molar-refractivity contribution in [3.8, 4) is 0 Å². The molecule has 17 heavy (non-hydrogen) atoms. The van der Waals surface area contributed by atoms with Gasteiger partial charge < -0.3 is 4.90 Å². The standard InChI is InChI=1S/C15H18ClN/c1-3-6-15(17-9-4-5-10-17)14-8-7-13(16)11-12(14)2/h3,6-8,11H,1,4-5,9-10H2,2H3/b15-6+. The quantitative estimate of drug-likeness (QED) is 0.721. The molecule has 2 rings (SSSR count). The maximum absolute atomic E-state index is 6.01. The minimum Gasteiger partial charge on any atom is -0.371 e. The van der Waals surface area contributed by atoms with Crippen LogP contribution in [0.5, 0.6) is 0 Å². The lowest BCUT2D eigenvalue weighted by Crippen LogP contribution is -2.18. The number of rotatable bonds is 3. The number of hydrogen-bond donors (Lipinski definition) is 0. The third kappa shape index (κ3) is 2.73. The van der Waals surface area contributed by atoms with E-state index in [0.29, 0.717) is 0 Å². The van der Waals surface area contributed by atoms with E-state index in [1.807, 2.05) is 18.2 Å². The number of halogens is 1. The summed E-state index contributed by atoms with van der Waals surface area (Å²) in [5.41, 5.74) is 3.75. The van der Waals surface area contributed by atoms with Crippen LogP contribution in [0.25, 0.3) is 5.70 Å². The fourth-order valence-electron chi connectivity index (χ4n) is 2.35. The normalized spacial score (nSPS) is 16.4. The summed E-state index contributed by atoms with van der Waals surface area (Å²) in [5.74, 6) is 0. The third-order valence-electron chi connectivity index (χ3n) is 3.19. The highest BCUT2D eigenvalue weighted by atomic mass is 35.5. The van der Waals surface area contributed by atoms with Gasteiger partial charge in [0.15, 0.2) is 0 Å².